The Morgan fingerprint density at radius 2 is 2.03 bits per heavy atom. The molecule has 1 aromatic carbocycles. The first-order chi connectivity index (χ1) is 15.1. The van der Waals surface area contributed by atoms with Gasteiger partial charge in [0.25, 0.3) is 5.91 Å². The Morgan fingerprint density at radius 1 is 1.23 bits per heavy atom. The predicted octanol–water partition coefficient (Wildman–Crippen LogP) is 3.82. The maximum Gasteiger partial charge on any atom is 0.337 e. The van der Waals surface area contributed by atoms with E-state index in [1.54, 1.807) is 30.5 Å². The van der Waals surface area contributed by atoms with Gasteiger partial charge in [-0.15, -0.1) is 0 Å². The van der Waals surface area contributed by atoms with Crippen LogP contribution in [0.5, 0.6) is 0 Å². The Labute approximate surface area is 181 Å². The molecule has 1 aromatic heterocycles. The molecule has 0 aliphatic heterocycles. The lowest BCUT2D eigenvalue weighted by Crippen LogP contribution is -2.33. The van der Waals surface area contributed by atoms with Gasteiger partial charge in [-0.1, -0.05) is 25.0 Å². The van der Waals surface area contributed by atoms with Crippen molar-refractivity contribution in [2.75, 3.05) is 7.11 Å². The van der Waals surface area contributed by atoms with Crippen LogP contribution in [0, 0.1) is 17.8 Å². The number of hydrazone groups is 1. The van der Waals surface area contributed by atoms with Crippen molar-refractivity contribution < 1.29 is 14.3 Å². The summed E-state index contributed by atoms with van der Waals surface area (Å²) >= 11 is 0. The molecule has 1 heterocycles. The molecule has 162 valence electrons. The number of methoxy groups -OCH3 is 1. The number of H-pyrrole nitrogens is 1. The molecular formula is C24H28N4O3. The largest absolute Gasteiger partial charge is 0.465 e. The Balaban J connectivity index is 1.24. The van der Waals surface area contributed by atoms with E-state index in [1.165, 1.54) is 52.1 Å². The third kappa shape index (κ3) is 3.77. The number of hydrogen-bond donors (Lipinski definition) is 2. The molecule has 7 heteroatoms. The van der Waals surface area contributed by atoms with E-state index < -0.39 is 0 Å². The predicted molar refractivity (Wildman–Crippen MR) is 116 cm³/mol. The molecular weight excluding hydrogens is 392 g/mol. The van der Waals surface area contributed by atoms with Crippen LogP contribution in [0.25, 0.3) is 0 Å². The minimum atomic E-state index is -0.388. The van der Waals surface area contributed by atoms with Gasteiger partial charge in [-0.25, -0.2) is 10.2 Å². The summed E-state index contributed by atoms with van der Waals surface area (Å²) in [6.45, 7) is 0. The number of nitrogens with zero attached hydrogens (tertiary/aromatic N) is 2. The number of fused-ring (bicyclic) bond motifs is 2. The number of carbonyl (C=O) groups excluding carboxylic acids is 2. The molecule has 3 aliphatic rings. The van der Waals surface area contributed by atoms with Crippen molar-refractivity contribution in [1.82, 2.24) is 15.6 Å². The van der Waals surface area contributed by atoms with E-state index in [2.05, 4.69) is 25.5 Å². The maximum atomic E-state index is 12.6. The zero-order valence-electron chi connectivity index (χ0n) is 17.8. The van der Waals surface area contributed by atoms with E-state index in [4.69, 9.17) is 0 Å². The van der Waals surface area contributed by atoms with E-state index in [0.29, 0.717) is 11.3 Å². The molecule has 3 saturated carbocycles. The highest BCUT2D eigenvalue weighted by atomic mass is 16.5. The summed E-state index contributed by atoms with van der Waals surface area (Å²) < 4.78 is 4.68. The second-order valence-corrected chi connectivity index (χ2v) is 9.42. The number of hydrogen-bond acceptors (Lipinski definition) is 5. The highest BCUT2D eigenvalue weighted by Gasteiger charge is 2.51. The quantitative estimate of drug-likeness (QED) is 0.437. The molecule has 3 fully saturated rings. The van der Waals surface area contributed by atoms with Crippen molar-refractivity contribution in [2.45, 2.75) is 50.4 Å². The van der Waals surface area contributed by atoms with Crippen molar-refractivity contribution in [2.24, 2.45) is 22.9 Å². The van der Waals surface area contributed by atoms with Crippen LogP contribution in [-0.2, 0) is 10.2 Å². The number of carbonyl (C=O) groups is 2. The molecule has 5 rings (SSSR count). The van der Waals surface area contributed by atoms with Crippen LogP contribution in [0.3, 0.4) is 0 Å². The molecule has 4 unspecified atom stereocenters. The molecule has 1 amide bonds. The second-order valence-electron chi connectivity index (χ2n) is 9.42. The van der Waals surface area contributed by atoms with Gasteiger partial charge in [0, 0.05) is 5.41 Å². The highest BCUT2D eigenvalue weighted by molar-refractivity contribution is 5.93. The van der Waals surface area contributed by atoms with Crippen LogP contribution < -0.4 is 5.43 Å². The third-order valence-electron chi connectivity index (χ3n) is 7.58. The Bertz CT molecular complexity index is 1010. The van der Waals surface area contributed by atoms with Gasteiger partial charge in [-0.2, -0.15) is 10.2 Å². The standard InChI is InChI=1S/C24H28N4O3/c1-31-23(30)17-6-4-15(5-7-17)14-25-28-22(29)20-11-21(27-26-20)24-8-2-3-18-9-16(12-24)10-19(18)13-24/h4-7,11,14,16,18-19H,2-3,8-10,12-13H2,1H3,(H,26,27)(H,28,29)/b25-14+. The van der Waals surface area contributed by atoms with E-state index >= 15 is 0 Å². The van der Waals surface area contributed by atoms with Crippen molar-refractivity contribution in [3.05, 3.63) is 52.8 Å². The van der Waals surface area contributed by atoms with Crippen LogP contribution in [0.1, 0.15) is 77.0 Å². The van der Waals surface area contributed by atoms with Gasteiger partial charge in [0.1, 0.15) is 5.69 Å². The monoisotopic (exact) mass is 420 g/mol. The van der Waals surface area contributed by atoms with E-state index in [1.807, 2.05) is 6.07 Å². The highest BCUT2D eigenvalue weighted by Crippen LogP contribution is 2.59. The SMILES string of the molecule is COC(=O)c1ccc(/C=N/NC(=O)c2cc(C34CCCC5CC(CC5C3)C4)n[nH]2)cc1. The van der Waals surface area contributed by atoms with Crippen LogP contribution in [0.2, 0.25) is 0 Å². The van der Waals surface area contributed by atoms with Gasteiger partial charge in [0.2, 0.25) is 0 Å². The van der Waals surface area contributed by atoms with Crippen LogP contribution in [0.4, 0.5) is 0 Å². The first-order valence-corrected chi connectivity index (χ1v) is 11.1. The molecule has 2 aromatic rings. The maximum absolute atomic E-state index is 12.6. The van der Waals surface area contributed by atoms with Gasteiger partial charge in [-0.3, -0.25) is 9.89 Å². The van der Waals surface area contributed by atoms with Gasteiger partial charge < -0.3 is 4.74 Å². The smallest absolute Gasteiger partial charge is 0.337 e. The average Bonchev–Trinajstić information content (AvgIpc) is 3.35. The summed E-state index contributed by atoms with van der Waals surface area (Å²) in [4.78, 5) is 24.1. The Morgan fingerprint density at radius 3 is 2.84 bits per heavy atom. The summed E-state index contributed by atoms with van der Waals surface area (Å²) in [5, 5.41) is 11.6. The van der Waals surface area contributed by atoms with Crippen molar-refractivity contribution in [3.8, 4) is 0 Å². The second kappa shape index (κ2) is 7.94. The third-order valence-corrected chi connectivity index (χ3v) is 7.58. The van der Waals surface area contributed by atoms with Gasteiger partial charge in [0.05, 0.1) is 24.6 Å². The molecule has 3 aliphatic carbocycles. The van der Waals surface area contributed by atoms with Gasteiger partial charge in [-0.05, 0) is 73.6 Å². The lowest BCUT2D eigenvalue weighted by atomic mass is 9.65. The number of aromatic nitrogens is 2. The van der Waals surface area contributed by atoms with Crippen molar-refractivity contribution in [1.29, 1.82) is 0 Å². The fraction of sp³-hybridized carbons (Fsp3) is 0.500. The number of amides is 1. The number of aromatic amines is 1. The minimum absolute atomic E-state index is 0.137. The molecule has 0 saturated heterocycles. The average molecular weight is 421 g/mol. The van der Waals surface area contributed by atoms with Crippen LogP contribution >= 0.6 is 0 Å². The zero-order chi connectivity index (χ0) is 21.4. The summed E-state index contributed by atoms with van der Waals surface area (Å²) in [6.07, 6.45) is 10.6. The van der Waals surface area contributed by atoms with Crippen LogP contribution in [-0.4, -0.2) is 35.4 Å². The van der Waals surface area contributed by atoms with E-state index in [0.717, 1.165) is 29.0 Å². The number of rotatable bonds is 5. The summed E-state index contributed by atoms with van der Waals surface area (Å²) in [7, 11) is 1.35. The number of benzene rings is 1. The number of nitrogens with one attached hydrogen (secondary N) is 2. The van der Waals surface area contributed by atoms with Gasteiger partial charge >= 0.3 is 5.97 Å². The molecule has 4 atom stereocenters. The topological polar surface area (TPSA) is 96.4 Å². The fourth-order valence-corrected chi connectivity index (χ4v) is 6.25. The summed E-state index contributed by atoms with van der Waals surface area (Å²) in [5.41, 5.74) is 5.43. The van der Waals surface area contributed by atoms with Gasteiger partial charge in [0.15, 0.2) is 0 Å². The summed E-state index contributed by atoms with van der Waals surface area (Å²) in [5.74, 6) is 1.88. The van der Waals surface area contributed by atoms with E-state index in [-0.39, 0.29) is 17.3 Å². The molecule has 0 radical (unpaired) electrons. The number of esters is 1. The number of ether oxygens (including phenoxy) is 1. The molecule has 7 nitrogen and oxygen atoms in total. The zero-order valence-corrected chi connectivity index (χ0v) is 17.8. The van der Waals surface area contributed by atoms with Crippen LogP contribution in [0.15, 0.2) is 35.4 Å². The lowest BCUT2D eigenvalue weighted by molar-refractivity contribution is 0.0600. The first-order valence-electron chi connectivity index (χ1n) is 11.1. The Kier molecular flexibility index (Phi) is 5.12. The summed E-state index contributed by atoms with van der Waals surface area (Å²) in [6, 6.07) is 8.73. The molecule has 31 heavy (non-hydrogen) atoms. The minimum Gasteiger partial charge on any atom is -0.465 e. The normalized spacial score (nSPS) is 29.1. The Hall–Kier alpha value is -2.96. The van der Waals surface area contributed by atoms with E-state index in [9.17, 15) is 9.59 Å². The molecule has 2 N–H and O–H groups in total. The lowest BCUT2D eigenvalue weighted by Gasteiger charge is -2.39. The fourth-order valence-electron chi connectivity index (χ4n) is 6.25. The van der Waals surface area contributed by atoms with Crippen molar-refractivity contribution in [3.63, 3.8) is 0 Å². The molecule has 0 spiro atoms. The van der Waals surface area contributed by atoms with Crippen molar-refractivity contribution >= 4 is 18.1 Å². The molecule has 3 bridgehead atoms. The first kappa shape index (κ1) is 20.0.